The van der Waals surface area contributed by atoms with Crippen molar-refractivity contribution >= 4 is 35.1 Å². The maximum Gasteiger partial charge on any atom is 0.410 e. The molecule has 2 unspecified atom stereocenters. The van der Waals surface area contributed by atoms with Crippen molar-refractivity contribution in [3.05, 3.63) is 64.3 Å². The number of aromatic nitrogens is 4. The van der Waals surface area contributed by atoms with Gasteiger partial charge in [-0.3, -0.25) is 19.9 Å². The first-order valence-corrected chi connectivity index (χ1v) is 11.9. The highest BCUT2D eigenvalue weighted by molar-refractivity contribution is 6.33. The van der Waals surface area contributed by atoms with Crippen molar-refractivity contribution in [2.24, 2.45) is 5.73 Å². The lowest BCUT2D eigenvalue weighted by Crippen LogP contribution is -2.26. The van der Waals surface area contributed by atoms with Crippen LogP contribution in [0.1, 0.15) is 47.3 Å². The van der Waals surface area contributed by atoms with Crippen LogP contribution in [0, 0.1) is 6.92 Å². The molecule has 39 heavy (non-hydrogen) atoms. The summed E-state index contributed by atoms with van der Waals surface area (Å²) < 4.78 is 45.5. The van der Waals surface area contributed by atoms with Gasteiger partial charge in [-0.25, -0.2) is 4.68 Å². The maximum atomic E-state index is 13.3. The van der Waals surface area contributed by atoms with E-state index in [-0.39, 0.29) is 22.8 Å². The van der Waals surface area contributed by atoms with E-state index < -0.39 is 35.8 Å². The zero-order chi connectivity index (χ0) is 28.6. The van der Waals surface area contributed by atoms with Crippen LogP contribution in [-0.2, 0) is 4.79 Å². The lowest BCUT2D eigenvalue weighted by Gasteiger charge is -2.17. The smallest absolute Gasteiger partial charge is 0.383 e. The summed E-state index contributed by atoms with van der Waals surface area (Å²) in [6.07, 6.45) is -3.33. The molecule has 0 radical (unpaired) electrons. The standard InChI is InChI=1S/C25H23ClF3N7O3/c1-11-4-6-15(16(26)8-11)18-9-19(39-35-18)33-24(38)12(2)14-5-7-17(32-10-14)21-20(23(31)37)22(30)36(34-21)13(3)25(27,28)29/h4-10,12-13H,30H2,1-3H3,(H2,31,37)(H,33,38). The first kappa shape index (κ1) is 27.6. The van der Waals surface area contributed by atoms with Gasteiger partial charge in [0, 0.05) is 17.8 Å². The van der Waals surface area contributed by atoms with Crippen molar-refractivity contribution in [1.82, 2.24) is 19.9 Å². The van der Waals surface area contributed by atoms with E-state index in [1.165, 1.54) is 24.4 Å². The number of pyridine rings is 1. The molecular formula is C25H23ClF3N7O3. The van der Waals surface area contributed by atoms with Crippen LogP contribution in [0.3, 0.4) is 0 Å². The Morgan fingerprint density at radius 1 is 1.13 bits per heavy atom. The quantitative estimate of drug-likeness (QED) is 0.283. The van der Waals surface area contributed by atoms with Gasteiger partial charge in [-0.15, -0.1) is 0 Å². The van der Waals surface area contributed by atoms with Gasteiger partial charge in [-0.1, -0.05) is 35.0 Å². The predicted molar refractivity (Wildman–Crippen MR) is 138 cm³/mol. The van der Waals surface area contributed by atoms with E-state index in [4.69, 9.17) is 27.6 Å². The number of nitrogen functional groups attached to an aromatic ring is 1. The molecule has 0 fully saturated rings. The first-order valence-electron chi connectivity index (χ1n) is 11.5. The Hall–Kier alpha value is -4.39. The molecule has 3 aromatic heterocycles. The molecule has 0 bridgehead atoms. The number of hydrogen-bond acceptors (Lipinski definition) is 7. The lowest BCUT2D eigenvalue weighted by atomic mass is 10.0. The third kappa shape index (κ3) is 5.58. The number of halogens is 4. The van der Waals surface area contributed by atoms with Crippen LogP contribution >= 0.6 is 11.6 Å². The number of nitrogens with one attached hydrogen (secondary N) is 1. The average Bonchev–Trinajstić information content (AvgIpc) is 3.46. The van der Waals surface area contributed by atoms with E-state index in [9.17, 15) is 22.8 Å². The number of rotatable bonds is 7. The molecule has 5 N–H and O–H groups in total. The number of primary amides is 1. The van der Waals surface area contributed by atoms with E-state index in [2.05, 4.69) is 20.6 Å². The van der Waals surface area contributed by atoms with Crippen LogP contribution in [0.15, 0.2) is 47.1 Å². The Bertz CT molecular complexity index is 1550. The third-order valence-corrected chi connectivity index (χ3v) is 6.43. The third-order valence-electron chi connectivity index (χ3n) is 6.11. The number of benzene rings is 1. The van der Waals surface area contributed by atoms with Crippen molar-refractivity contribution in [2.45, 2.75) is 38.9 Å². The summed E-state index contributed by atoms with van der Waals surface area (Å²) in [7, 11) is 0. The molecule has 0 aliphatic heterocycles. The second-order valence-electron chi connectivity index (χ2n) is 8.88. The predicted octanol–water partition coefficient (Wildman–Crippen LogP) is 5.11. The zero-order valence-electron chi connectivity index (χ0n) is 20.9. The molecule has 0 spiro atoms. The van der Waals surface area contributed by atoms with Crippen molar-refractivity contribution in [1.29, 1.82) is 0 Å². The average molecular weight is 562 g/mol. The van der Waals surface area contributed by atoms with Gasteiger partial charge in [0.15, 0.2) is 0 Å². The summed E-state index contributed by atoms with van der Waals surface area (Å²) in [5, 5.41) is 10.9. The Labute approximate surface area is 225 Å². The fraction of sp³-hybridized carbons (Fsp3) is 0.240. The number of aryl methyl sites for hydroxylation is 1. The normalized spacial score (nSPS) is 13.2. The highest BCUT2D eigenvalue weighted by atomic mass is 35.5. The zero-order valence-corrected chi connectivity index (χ0v) is 21.6. The number of anilines is 2. The Balaban J connectivity index is 1.53. The summed E-state index contributed by atoms with van der Waals surface area (Å²) in [5.74, 6) is -2.63. The van der Waals surface area contributed by atoms with Crippen molar-refractivity contribution in [3.63, 3.8) is 0 Å². The lowest BCUT2D eigenvalue weighted by molar-refractivity contribution is -0.164. The Morgan fingerprint density at radius 2 is 1.85 bits per heavy atom. The van der Waals surface area contributed by atoms with Gasteiger partial charge in [0.25, 0.3) is 5.91 Å². The molecule has 0 saturated heterocycles. The number of carbonyl (C=O) groups is 2. The van der Waals surface area contributed by atoms with Crippen LogP contribution in [-0.4, -0.2) is 37.9 Å². The summed E-state index contributed by atoms with van der Waals surface area (Å²) in [6.45, 7) is 4.37. The van der Waals surface area contributed by atoms with E-state index in [0.717, 1.165) is 12.5 Å². The Kier molecular flexibility index (Phi) is 7.37. The number of nitrogens with zero attached hydrogens (tertiary/aromatic N) is 4. The van der Waals surface area contributed by atoms with E-state index in [0.29, 0.717) is 26.5 Å². The van der Waals surface area contributed by atoms with Gasteiger partial charge < -0.3 is 16.0 Å². The van der Waals surface area contributed by atoms with Crippen LogP contribution in [0.25, 0.3) is 22.6 Å². The van der Waals surface area contributed by atoms with Crippen LogP contribution < -0.4 is 16.8 Å². The van der Waals surface area contributed by atoms with Gasteiger partial charge >= 0.3 is 6.18 Å². The van der Waals surface area contributed by atoms with Crippen molar-refractivity contribution < 1.29 is 27.3 Å². The van der Waals surface area contributed by atoms with Gasteiger partial charge in [0.2, 0.25) is 11.8 Å². The number of alkyl halides is 3. The molecule has 4 aromatic rings. The molecule has 3 heterocycles. The highest BCUT2D eigenvalue weighted by Gasteiger charge is 2.40. The molecule has 1 aromatic carbocycles. The fourth-order valence-corrected chi connectivity index (χ4v) is 4.11. The second-order valence-corrected chi connectivity index (χ2v) is 9.29. The summed E-state index contributed by atoms with van der Waals surface area (Å²) >= 11 is 6.27. The summed E-state index contributed by atoms with van der Waals surface area (Å²) in [5.41, 5.74) is 13.1. The SMILES string of the molecule is Cc1ccc(-c2cc(NC(=O)C(C)c3ccc(-c4nn(C(C)C(F)(F)F)c(N)c4C(N)=O)nc3)on2)c(Cl)c1. The van der Waals surface area contributed by atoms with E-state index in [1.807, 2.05) is 13.0 Å². The molecule has 4 rings (SSSR count). The van der Waals surface area contributed by atoms with Gasteiger partial charge in [-0.05, 0) is 44.0 Å². The van der Waals surface area contributed by atoms with Gasteiger partial charge in [0.05, 0.1) is 16.6 Å². The monoisotopic (exact) mass is 561 g/mol. The van der Waals surface area contributed by atoms with Gasteiger partial charge in [0.1, 0.15) is 28.8 Å². The van der Waals surface area contributed by atoms with Crippen LogP contribution in [0.2, 0.25) is 5.02 Å². The number of hydrogen-bond donors (Lipinski definition) is 3. The molecule has 0 saturated carbocycles. The van der Waals surface area contributed by atoms with E-state index >= 15 is 0 Å². The largest absolute Gasteiger partial charge is 0.410 e. The molecule has 204 valence electrons. The minimum Gasteiger partial charge on any atom is -0.383 e. The number of carbonyl (C=O) groups excluding carboxylic acids is 2. The van der Waals surface area contributed by atoms with Crippen LogP contribution in [0.4, 0.5) is 24.9 Å². The summed E-state index contributed by atoms with van der Waals surface area (Å²) in [6, 6.07) is 7.81. The molecule has 0 aliphatic carbocycles. The molecular weight excluding hydrogens is 539 g/mol. The molecule has 10 nitrogen and oxygen atoms in total. The van der Waals surface area contributed by atoms with E-state index in [1.54, 1.807) is 19.1 Å². The molecule has 2 amide bonds. The first-order chi connectivity index (χ1) is 18.3. The number of amides is 2. The second kappa shape index (κ2) is 10.4. The summed E-state index contributed by atoms with van der Waals surface area (Å²) in [4.78, 5) is 29.0. The van der Waals surface area contributed by atoms with Crippen molar-refractivity contribution in [3.8, 4) is 22.6 Å². The highest BCUT2D eigenvalue weighted by Crippen LogP contribution is 2.35. The minimum absolute atomic E-state index is 0.0508. The fourth-order valence-electron chi connectivity index (χ4n) is 3.78. The Morgan fingerprint density at radius 3 is 2.44 bits per heavy atom. The molecule has 0 aliphatic rings. The van der Waals surface area contributed by atoms with Crippen LogP contribution in [0.5, 0.6) is 0 Å². The minimum atomic E-state index is -4.66. The molecule has 14 heteroatoms. The van der Waals surface area contributed by atoms with Crippen molar-refractivity contribution in [2.75, 3.05) is 11.1 Å². The topological polar surface area (TPSA) is 155 Å². The molecule has 2 atom stereocenters. The number of nitrogens with two attached hydrogens (primary N) is 2. The van der Waals surface area contributed by atoms with Gasteiger partial charge in [-0.2, -0.15) is 18.3 Å². The maximum absolute atomic E-state index is 13.3.